The normalized spacial score (nSPS) is 24.5. The van der Waals surface area contributed by atoms with Gasteiger partial charge in [0.2, 0.25) is 0 Å². The monoisotopic (exact) mass is 267 g/mol. The van der Waals surface area contributed by atoms with Gasteiger partial charge < -0.3 is 20.1 Å². The molecular weight excluding hydrogens is 254 g/mol. The third kappa shape index (κ3) is 1.92. The maximum Gasteiger partial charge on any atom is 0.166 e. The van der Waals surface area contributed by atoms with Gasteiger partial charge in [0.1, 0.15) is 17.2 Å². The molecule has 3 N–H and O–H groups in total. The fourth-order valence-corrected chi connectivity index (χ4v) is 3.01. The molecule has 0 radical (unpaired) electrons. The van der Waals surface area contributed by atoms with E-state index in [1.165, 1.54) is 6.33 Å². The van der Waals surface area contributed by atoms with Gasteiger partial charge in [-0.25, -0.2) is 15.0 Å². The van der Waals surface area contributed by atoms with E-state index in [0.717, 1.165) is 5.75 Å². The average Bonchev–Trinajstić information content (AvgIpc) is 2.84. The lowest BCUT2D eigenvalue weighted by Crippen LogP contribution is -2.30. The van der Waals surface area contributed by atoms with Crippen LogP contribution in [0.25, 0.3) is 11.2 Å². The smallest absolute Gasteiger partial charge is 0.166 e. The van der Waals surface area contributed by atoms with E-state index in [4.69, 9.17) is 15.6 Å². The van der Waals surface area contributed by atoms with Crippen LogP contribution >= 0.6 is 11.8 Å². The molecule has 1 saturated heterocycles. The zero-order valence-corrected chi connectivity index (χ0v) is 10.4. The highest BCUT2D eigenvalue weighted by molar-refractivity contribution is 7.99. The fourth-order valence-electron chi connectivity index (χ4n) is 1.88. The minimum Gasteiger partial charge on any atom is -0.394 e. The minimum absolute atomic E-state index is 0.0551. The molecule has 2 aromatic rings. The standard InChI is InChI=1S/C10H13N5O2S/c11-9-8-10(13-4-12-9)15(5-14-8)7-2-17-6(1-16)3-18-7/h4-7,16H,1-3H2,(H2,11,12,13). The van der Waals surface area contributed by atoms with Gasteiger partial charge in [0.05, 0.1) is 25.6 Å². The second-order valence-corrected chi connectivity index (χ2v) is 5.22. The summed E-state index contributed by atoms with van der Waals surface area (Å²) in [5.74, 6) is 1.13. The number of nitrogen functional groups attached to an aromatic ring is 1. The summed E-state index contributed by atoms with van der Waals surface area (Å²) in [5, 5.41) is 9.13. The minimum atomic E-state index is -0.0827. The van der Waals surface area contributed by atoms with E-state index in [0.29, 0.717) is 23.6 Å². The Labute approximate surface area is 107 Å². The van der Waals surface area contributed by atoms with Crippen LogP contribution in [0.4, 0.5) is 5.82 Å². The maximum atomic E-state index is 9.02. The summed E-state index contributed by atoms with van der Waals surface area (Å²) in [7, 11) is 0. The first-order valence-electron chi connectivity index (χ1n) is 5.56. The zero-order chi connectivity index (χ0) is 12.5. The van der Waals surface area contributed by atoms with Gasteiger partial charge in [-0.15, -0.1) is 11.8 Å². The van der Waals surface area contributed by atoms with Crippen molar-refractivity contribution in [3.05, 3.63) is 12.7 Å². The summed E-state index contributed by atoms with van der Waals surface area (Å²) in [4.78, 5) is 12.3. The topological polar surface area (TPSA) is 99.1 Å². The Bertz CT molecular complexity index is 552. The van der Waals surface area contributed by atoms with Crippen molar-refractivity contribution in [2.24, 2.45) is 0 Å². The second kappa shape index (κ2) is 4.71. The molecule has 0 bridgehead atoms. The highest BCUT2D eigenvalue weighted by Crippen LogP contribution is 2.31. The van der Waals surface area contributed by atoms with Crippen molar-refractivity contribution in [3.63, 3.8) is 0 Å². The quantitative estimate of drug-likeness (QED) is 0.792. The Balaban J connectivity index is 1.89. The lowest BCUT2D eigenvalue weighted by atomic mass is 10.4. The lowest BCUT2D eigenvalue weighted by Gasteiger charge is -2.28. The highest BCUT2D eigenvalue weighted by Gasteiger charge is 2.24. The molecule has 3 rings (SSSR count). The molecule has 96 valence electrons. The molecule has 18 heavy (non-hydrogen) atoms. The van der Waals surface area contributed by atoms with Crippen LogP contribution in [-0.2, 0) is 4.74 Å². The molecule has 0 amide bonds. The lowest BCUT2D eigenvalue weighted by molar-refractivity contribution is 0.0161. The van der Waals surface area contributed by atoms with E-state index >= 15 is 0 Å². The molecule has 0 saturated carbocycles. The van der Waals surface area contributed by atoms with Crippen LogP contribution in [0.2, 0.25) is 0 Å². The van der Waals surface area contributed by atoms with Crippen molar-refractivity contribution in [1.29, 1.82) is 0 Å². The Morgan fingerprint density at radius 2 is 2.39 bits per heavy atom. The maximum absolute atomic E-state index is 9.02. The van der Waals surface area contributed by atoms with Crippen molar-refractivity contribution in [2.75, 3.05) is 24.7 Å². The van der Waals surface area contributed by atoms with E-state index in [9.17, 15) is 0 Å². The predicted molar refractivity (Wildman–Crippen MR) is 68.1 cm³/mol. The number of aromatic nitrogens is 4. The third-order valence-electron chi connectivity index (χ3n) is 2.85. The SMILES string of the molecule is Nc1ncnc2c1ncn2C1COC(CO)CS1. The molecule has 1 aliphatic rings. The van der Waals surface area contributed by atoms with E-state index in [1.807, 2.05) is 4.57 Å². The molecule has 2 aromatic heterocycles. The number of aliphatic hydroxyl groups excluding tert-OH is 1. The molecule has 7 nitrogen and oxygen atoms in total. The molecule has 8 heteroatoms. The summed E-state index contributed by atoms with van der Waals surface area (Å²) in [6.45, 7) is 0.574. The molecule has 0 aromatic carbocycles. The van der Waals surface area contributed by atoms with E-state index in [2.05, 4.69) is 15.0 Å². The summed E-state index contributed by atoms with van der Waals surface area (Å²) in [6, 6.07) is 0. The molecule has 1 fully saturated rings. The molecule has 0 spiro atoms. The average molecular weight is 267 g/mol. The van der Waals surface area contributed by atoms with E-state index in [1.54, 1.807) is 18.1 Å². The van der Waals surface area contributed by atoms with Gasteiger partial charge in [-0.3, -0.25) is 0 Å². The van der Waals surface area contributed by atoms with Crippen LogP contribution in [0.3, 0.4) is 0 Å². The largest absolute Gasteiger partial charge is 0.394 e. The number of ether oxygens (including phenoxy) is 1. The first-order valence-corrected chi connectivity index (χ1v) is 6.61. The van der Waals surface area contributed by atoms with Gasteiger partial charge >= 0.3 is 0 Å². The summed E-state index contributed by atoms with van der Waals surface area (Å²) < 4.78 is 7.48. The third-order valence-corrected chi connectivity index (χ3v) is 4.16. The molecule has 0 aliphatic carbocycles. The number of fused-ring (bicyclic) bond motifs is 1. The van der Waals surface area contributed by atoms with Gasteiger partial charge in [0, 0.05) is 5.75 Å². The van der Waals surface area contributed by atoms with Crippen LogP contribution in [-0.4, -0.2) is 49.7 Å². The van der Waals surface area contributed by atoms with Crippen molar-refractivity contribution < 1.29 is 9.84 Å². The number of nitrogens with zero attached hydrogens (tertiary/aromatic N) is 4. The number of aliphatic hydroxyl groups is 1. The first kappa shape index (κ1) is 11.7. The van der Waals surface area contributed by atoms with Crippen LogP contribution < -0.4 is 5.73 Å². The number of anilines is 1. The van der Waals surface area contributed by atoms with E-state index < -0.39 is 0 Å². The van der Waals surface area contributed by atoms with Crippen LogP contribution in [0, 0.1) is 0 Å². The van der Waals surface area contributed by atoms with Gasteiger partial charge in [-0.1, -0.05) is 0 Å². The van der Waals surface area contributed by atoms with Gasteiger partial charge in [-0.05, 0) is 0 Å². The molecule has 1 aliphatic heterocycles. The van der Waals surface area contributed by atoms with E-state index in [-0.39, 0.29) is 18.1 Å². The van der Waals surface area contributed by atoms with Crippen molar-refractivity contribution in [3.8, 4) is 0 Å². The number of hydrogen-bond donors (Lipinski definition) is 2. The van der Waals surface area contributed by atoms with Crippen molar-refractivity contribution in [2.45, 2.75) is 11.5 Å². The number of rotatable bonds is 2. The summed E-state index contributed by atoms with van der Waals surface area (Å²) >= 11 is 1.71. The predicted octanol–water partition coefficient (Wildman–Crippen LogP) is 0.0314. The Kier molecular flexibility index (Phi) is 3.06. The van der Waals surface area contributed by atoms with Crippen LogP contribution in [0.1, 0.15) is 5.37 Å². The van der Waals surface area contributed by atoms with Crippen molar-refractivity contribution >= 4 is 28.7 Å². The number of nitrogens with two attached hydrogens (primary N) is 1. The summed E-state index contributed by atoms with van der Waals surface area (Å²) in [6.07, 6.45) is 3.05. The Hall–Kier alpha value is -1.38. The Morgan fingerprint density at radius 3 is 3.11 bits per heavy atom. The van der Waals surface area contributed by atoms with Gasteiger partial charge in [0.15, 0.2) is 11.5 Å². The first-order chi connectivity index (χ1) is 8.79. The molecule has 2 atom stereocenters. The number of hydrogen-bond acceptors (Lipinski definition) is 7. The zero-order valence-electron chi connectivity index (χ0n) is 9.56. The van der Waals surface area contributed by atoms with Gasteiger partial charge in [0.25, 0.3) is 0 Å². The van der Waals surface area contributed by atoms with Crippen molar-refractivity contribution in [1.82, 2.24) is 19.5 Å². The fraction of sp³-hybridized carbons (Fsp3) is 0.500. The second-order valence-electron chi connectivity index (χ2n) is 4.01. The van der Waals surface area contributed by atoms with Crippen LogP contribution in [0.15, 0.2) is 12.7 Å². The number of thioether (sulfide) groups is 1. The van der Waals surface area contributed by atoms with Crippen LogP contribution in [0.5, 0.6) is 0 Å². The molecular formula is C10H13N5O2S. The highest BCUT2D eigenvalue weighted by atomic mass is 32.2. The van der Waals surface area contributed by atoms with Gasteiger partial charge in [-0.2, -0.15) is 0 Å². The molecule has 3 heterocycles. The Morgan fingerprint density at radius 1 is 1.50 bits per heavy atom. The molecule has 2 unspecified atom stereocenters. The number of imidazole rings is 1. The summed E-state index contributed by atoms with van der Waals surface area (Å²) in [5.41, 5.74) is 7.07.